The summed E-state index contributed by atoms with van der Waals surface area (Å²) >= 11 is 0. The molecule has 0 radical (unpaired) electrons. The molecule has 1 aromatic heterocycles. The van der Waals surface area contributed by atoms with E-state index in [1.807, 2.05) is 14.0 Å². The van der Waals surface area contributed by atoms with Crippen molar-refractivity contribution >= 4 is 5.78 Å². The summed E-state index contributed by atoms with van der Waals surface area (Å²) in [6.45, 7) is 2.98. The first-order valence-electron chi connectivity index (χ1n) is 5.43. The SMILES string of the molecule is Cc1cnn(C)c1C(=O)CC1CCCN1. The van der Waals surface area contributed by atoms with E-state index >= 15 is 0 Å². The second-order valence-electron chi connectivity index (χ2n) is 4.22. The predicted molar refractivity (Wildman–Crippen MR) is 57.9 cm³/mol. The Balaban J connectivity index is 2.07. The largest absolute Gasteiger partial charge is 0.314 e. The van der Waals surface area contributed by atoms with Gasteiger partial charge in [0.15, 0.2) is 5.78 Å². The van der Waals surface area contributed by atoms with Gasteiger partial charge in [-0.25, -0.2) is 0 Å². The summed E-state index contributed by atoms with van der Waals surface area (Å²) in [4.78, 5) is 12.0. The summed E-state index contributed by atoms with van der Waals surface area (Å²) in [5.74, 6) is 0.201. The van der Waals surface area contributed by atoms with Gasteiger partial charge in [0.05, 0.1) is 6.20 Å². The quantitative estimate of drug-likeness (QED) is 0.754. The third-order valence-electron chi connectivity index (χ3n) is 2.98. The van der Waals surface area contributed by atoms with E-state index in [2.05, 4.69) is 10.4 Å². The van der Waals surface area contributed by atoms with Crippen molar-refractivity contribution in [2.75, 3.05) is 6.54 Å². The van der Waals surface area contributed by atoms with Crippen LogP contribution in [0.5, 0.6) is 0 Å². The van der Waals surface area contributed by atoms with E-state index in [4.69, 9.17) is 0 Å². The molecule has 1 saturated heterocycles. The zero-order valence-corrected chi connectivity index (χ0v) is 9.29. The number of ketones is 1. The van der Waals surface area contributed by atoms with Crippen LogP contribution in [0.3, 0.4) is 0 Å². The van der Waals surface area contributed by atoms with Crippen molar-refractivity contribution in [1.82, 2.24) is 15.1 Å². The maximum Gasteiger partial charge on any atom is 0.182 e. The minimum Gasteiger partial charge on any atom is -0.314 e. The van der Waals surface area contributed by atoms with E-state index in [0.29, 0.717) is 12.5 Å². The molecule has 1 aliphatic rings. The summed E-state index contributed by atoms with van der Waals surface area (Å²) < 4.78 is 1.67. The number of rotatable bonds is 3. The van der Waals surface area contributed by atoms with E-state index in [9.17, 15) is 4.79 Å². The van der Waals surface area contributed by atoms with Crippen molar-refractivity contribution in [2.24, 2.45) is 7.05 Å². The average Bonchev–Trinajstić information content (AvgIpc) is 2.77. The maximum absolute atomic E-state index is 12.0. The second-order valence-corrected chi connectivity index (χ2v) is 4.22. The highest BCUT2D eigenvalue weighted by Gasteiger charge is 2.21. The fraction of sp³-hybridized carbons (Fsp3) is 0.636. The molecule has 0 saturated carbocycles. The molecule has 1 fully saturated rings. The van der Waals surface area contributed by atoms with Gasteiger partial charge in [-0.05, 0) is 31.9 Å². The summed E-state index contributed by atoms with van der Waals surface area (Å²) in [6.07, 6.45) is 4.64. The molecule has 1 N–H and O–H groups in total. The minimum absolute atomic E-state index is 0.201. The Morgan fingerprint density at radius 2 is 2.53 bits per heavy atom. The van der Waals surface area contributed by atoms with Gasteiger partial charge in [0, 0.05) is 19.5 Å². The molecule has 1 atom stereocenters. The minimum atomic E-state index is 0.201. The van der Waals surface area contributed by atoms with Crippen molar-refractivity contribution in [2.45, 2.75) is 32.2 Å². The topological polar surface area (TPSA) is 46.9 Å². The van der Waals surface area contributed by atoms with Crippen LogP contribution in [-0.2, 0) is 7.05 Å². The molecule has 1 unspecified atom stereocenters. The number of Topliss-reactive ketones (excluding diaryl/α,β-unsaturated/α-hetero) is 1. The number of aryl methyl sites for hydroxylation is 2. The van der Waals surface area contributed by atoms with Gasteiger partial charge in [-0.3, -0.25) is 9.48 Å². The molecule has 0 aliphatic carbocycles. The van der Waals surface area contributed by atoms with Crippen molar-refractivity contribution in [1.29, 1.82) is 0 Å². The molecule has 4 heteroatoms. The van der Waals surface area contributed by atoms with Crippen molar-refractivity contribution in [3.05, 3.63) is 17.5 Å². The van der Waals surface area contributed by atoms with E-state index in [1.54, 1.807) is 10.9 Å². The summed E-state index contributed by atoms with van der Waals surface area (Å²) in [5.41, 5.74) is 1.73. The van der Waals surface area contributed by atoms with Crippen LogP contribution in [0.2, 0.25) is 0 Å². The first kappa shape index (κ1) is 10.4. The lowest BCUT2D eigenvalue weighted by Gasteiger charge is -2.09. The lowest BCUT2D eigenvalue weighted by atomic mass is 10.0. The third kappa shape index (κ3) is 2.09. The van der Waals surface area contributed by atoms with Crippen LogP contribution in [0.1, 0.15) is 35.3 Å². The van der Waals surface area contributed by atoms with E-state index in [-0.39, 0.29) is 5.78 Å². The molecule has 0 spiro atoms. The molecule has 0 amide bonds. The fourth-order valence-corrected chi connectivity index (χ4v) is 2.20. The van der Waals surface area contributed by atoms with Gasteiger partial charge < -0.3 is 5.32 Å². The number of nitrogens with one attached hydrogen (secondary N) is 1. The molecule has 2 rings (SSSR count). The third-order valence-corrected chi connectivity index (χ3v) is 2.98. The average molecular weight is 207 g/mol. The molecule has 0 bridgehead atoms. The van der Waals surface area contributed by atoms with Crippen molar-refractivity contribution in [3.8, 4) is 0 Å². The number of carbonyl (C=O) groups is 1. The van der Waals surface area contributed by atoms with Crippen LogP contribution in [0.15, 0.2) is 6.20 Å². The monoisotopic (exact) mass is 207 g/mol. The van der Waals surface area contributed by atoms with Gasteiger partial charge in [-0.2, -0.15) is 5.10 Å². The molecule has 0 aromatic carbocycles. The molecule has 4 nitrogen and oxygen atoms in total. The molecule has 15 heavy (non-hydrogen) atoms. The van der Waals surface area contributed by atoms with Gasteiger partial charge in [-0.1, -0.05) is 0 Å². The van der Waals surface area contributed by atoms with Gasteiger partial charge in [0.1, 0.15) is 5.69 Å². The Morgan fingerprint density at radius 3 is 3.07 bits per heavy atom. The van der Waals surface area contributed by atoms with Crippen LogP contribution in [-0.4, -0.2) is 28.2 Å². The normalized spacial score (nSPS) is 20.8. The zero-order valence-electron chi connectivity index (χ0n) is 9.29. The van der Waals surface area contributed by atoms with Crippen LogP contribution >= 0.6 is 0 Å². The number of nitrogens with zero attached hydrogens (tertiary/aromatic N) is 2. The van der Waals surface area contributed by atoms with Gasteiger partial charge in [0.2, 0.25) is 0 Å². The van der Waals surface area contributed by atoms with Crippen LogP contribution in [0.25, 0.3) is 0 Å². The molecule has 82 valence electrons. The summed E-state index contributed by atoms with van der Waals surface area (Å²) in [7, 11) is 1.82. The molecular weight excluding hydrogens is 190 g/mol. The zero-order chi connectivity index (χ0) is 10.8. The fourth-order valence-electron chi connectivity index (χ4n) is 2.20. The predicted octanol–water partition coefficient (Wildman–Crippen LogP) is 1.05. The second kappa shape index (κ2) is 4.14. The summed E-state index contributed by atoms with van der Waals surface area (Å²) in [6, 6.07) is 0.367. The Labute approximate surface area is 89.7 Å². The van der Waals surface area contributed by atoms with E-state index in [0.717, 1.165) is 24.2 Å². The highest BCUT2D eigenvalue weighted by Crippen LogP contribution is 2.14. The number of hydrogen-bond donors (Lipinski definition) is 1. The lowest BCUT2D eigenvalue weighted by molar-refractivity contribution is 0.0962. The van der Waals surface area contributed by atoms with Crippen LogP contribution < -0.4 is 5.32 Å². The van der Waals surface area contributed by atoms with Gasteiger partial charge in [0.25, 0.3) is 0 Å². The maximum atomic E-state index is 12.0. The molecule has 1 aromatic rings. The Kier molecular flexibility index (Phi) is 2.86. The first-order valence-corrected chi connectivity index (χ1v) is 5.43. The smallest absolute Gasteiger partial charge is 0.182 e. The lowest BCUT2D eigenvalue weighted by Crippen LogP contribution is -2.25. The van der Waals surface area contributed by atoms with Crippen molar-refractivity contribution in [3.63, 3.8) is 0 Å². The number of aromatic nitrogens is 2. The Morgan fingerprint density at radius 1 is 1.73 bits per heavy atom. The molecule has 1 aliphatic heterocycles. The van der Waals surface area contributed by atoms with Gasteiger partial charge >= 0.3 is 0 Å². The number of carbonyl (C=O) groups excluding carboxylic acids is 1. The van der Waals surface area contributed by atoms with E-state index in [1.165, 1.54) is 6.42 Å². The first-order chi connectivity index (χ1) is 7.18. The summed E-state index contributed by atoms with van der Waals surface area (Å²) in [5, 5.41) is 7.43. The standard InChI is InChI=1S/C11H17N3O/c1-8-7-13-14(2)11(8)10(15)6-9-4-3-5-12-9/h7,9,12H,3-6H2,1-2H3. The van der Waals surface area contributed by atoms with Gasteiger partial charge in [-0.15, -0.1) is 0 Å². The van der Waals surface area contributed by atoms with E-state index < -0.39 is 0 Å². The Bertz CT molecular complexity index is 344. The number of hydrogen-bond acceptors (Lipinski definition) is 3. The molecular formula is C11H17N3O. The van der Waals surface area contributed by atoms with Crippen molar-refractivity contribution < 1.29 is 4.79 Å². The van der Waals surface area contributed by atoms with Crippen LogP contribution in [0, 0.1) is 6.92 Å². The van der Waals surface area contributed by atoms with Crippen LogP contribution in [0.4, 0.5) is 0 Å². The molecule has 2 heterocycles. The highest BCUT2D eigenvalue weighted by atomic mass is 16.1. The highest BCUT2D eigenvalue weighted by molar-refractivity contribution is 5.96. The Hall–Kier alpha value is -1.16.